The minimum Gasteiger partial charge on any atom is -0.314 e. The Morgan fingerprint density at radius 3 is 2.71 bits per heavy atom. The monoisotopic (exact) mass is 324 g/mol. The Morgan fingerprint density at radius 2 is 2.12 bits per heavy atom. The Labute approximate surface area is 112 Å². The van der Waals surface area contributed by atoms with Gasteiger partial charge in [-0.1, -0.05) is 0 Å². The Balaban J connectivity index is 1.88. The number of nitrogens with one attached hydrogen (secondary N) is 1. The van der Waals surface area contributed by atoms with E-state index < -0.39 is 5.92 Å². The van der Waals surface area contributed by atoms with Gasteiger partial charge in [0.05, 0.1) is 6.54 Å². The van der Waals surface area contributed by atoms with Gasteiger partial charge in [0.2, 0.25) is 0 Å². The van der Waals surface area contributed by atoms with Crippen LogP contribution in [0, 0.1) is 0 Å². The summed E-state index contributed by atoms with van der Waals surface area (Å²) in [6.45, 7) is 2.90. The van der Waals surface area contributed by atoms with Crippen LogP contribution in [0.1, 0.15) is 4.88 Å². The normalized spacial score (nSPS) is 18.5. The summed E-state index contributed by atoms with van der Waals surface area (Å²) in [5.74, 6) is -2.64. The second kappa shape index (κ2) is 5.73. The first-order valence-corrected chi connectivity index (χ1v) is 7.26. The van der Waals surface area contributed by atoms with Crippen LogP contribution in [-0.2, 0) is 6.42 Å². The fourth-order valence-electron chi connectivity index (χ4n) is 1.95. The van der Waals surface area contributed by atoms with E-state index in [-0.39, 0.29) is 13.0 Å². The summed E-state index contributed by atoms with van der Waals surface area (Å²) in [4.78, 5) is 2.57. The maximum Gasteiger partial charge on any atom is 0.265 e. The van der Waals surface area contributed by atoms with Gasteiger partial charge in [-0.2, -0.15) is 0 Å². The number of hydrogen-bond donors (Lipinski definition) is 1. The number of piperazine rings is 1. The Morgan fingerprint density at radius 1 is 1.41 bits per heavy atom. The smallest absolute Gasteiger partial charge is 0.265 e. The van der Waals surface area contributed by atoms with Crippen LogP contribution in [0.2, 0.25) is 0 Å². The van der Waals surface area contributed by atoms with Gasteiger partial charge in [0.1, 0.15) is 0 Å². The molecule has 1 aliphatic rings. The number of hydrogen-bond acceptors (Lipinski definition) is 3. The van der Waals surface area contributed by atoms with Gasteiger partial charge < -0.3 is 5.32 Å². The predicted octanol–water partition coefficient (Wildman–Crippen LogP) is 2.59. The zero-order valence-corrected chi connectivity index (χ0v) is 11.8. The van der Waals surface area contributed by atoms with Crippen molar-refractivity contribution in [3.63, 3.8) is 0 Å². The maximum atomic E-state index is 13.8. The third kappa shape index (κ3) is 4.28. The molecule has 0 amide bonds. The fraction of sp³-hybridized carbons (Fsp3) is 0.636. The molecule has 1 aromatic rings. The minimum atomic E-state index is -2.64. The van der Waals surface area contributed by atoms with Crippen LogP contribution in [0.4, 0.5) is 8.78 Å². The molecule has 96 valence electrons. The maximum absolute atomic E-state index is 13.8. The number of thiophene rings is 1. The highest BCUT2D eigenvalue weighted by Gasteiger charge is 2.32. The molecule has 0 spiro atoms. The summed E-state index contributed by atoms with van der Waals surface area (Å²) in [7, 11) is 0. The van der Waals surface area contributed by atoms with Crippen molar-refractivity contribution in [3.05, 3.63) is 20.8 Å². The molecule has 1 aliphatic heterocycles. The van der Waals surface area contributed by atoms with Crippen molar-refractivity contribution >= 4 is 27.3 Å². The minimum absolute atomic E-state index is 0.135. The average molecular weight is 325 g/mol. The molecular weight excluding hydrogens is 310 g/mol. The molecule has 0 saturated carbocycles. The molecule has 2 nitrogen and oxygen atoms in total. The highest BCUT2D eigenvalue weighted by Crippen LogP contribution is 2.27. The van der Waals surface area contributed by atoms with E-state index in [0.29, 0.717) is 13.1 Å². The number of nitrogens with zero attached hydrogens (tertiary/aromatic N) is 1. The topological polar surface area (TPSA) is 15.3 Å². The van der Waals surface area contributed by atoms with E-state index in [2.05, 4.69) is 21.2 Å². The van der Waals surface area contributed by atoms with Crippen molar-refractivity contribution < 1.29 is 8.78 Å². The van der Waals surface area contributed by atoms with E-state index in [1.54, 1.807) is 6.07 Å². The third-order valence-electron chi connectivity index (χ3n) is 2.72. The van der Waals surface area contributed by atoms with Gasteiger partial charge in [-0.15, -0.1) is 11.3 Å². The van der Waals surface area contributed by atoms with Crippen LogP contribution >= 0.6 is 27.3 Å². The van der Waals surface area contributed by atoms with E-state index in [1.807, 2.05) is 10.3 Å². The van der Waals surface area contributed by atoms with Gasteiger partial charge in [-0.05, 0) is 22.0 Å². The largest absolute Gasteiger partial charge is 0.314 e. The van der Waals surface area contributed by atoms with Crippen molar-refractivity contribution in [2.75, 3.05) is 32.7 Å². The summed E-state index contributed by atoms with van der Waals surface area (Å²) < 4.78 is 28.5. The number of rotatable bonds is 4. The van der Waals surface area contributed by atoms with Crippen LogP contribution in [0.5, 0.6) is 0 Å². The SMILES string of the molecule is FC(F)(Cc1cc(Br)cs1)CN1CCNCC1. The van der Waals surface area contributed by atoms with Crippen LogP contribution in [0.15, 0.2) is 15.9 Å². The van der Waals surface area contributed by atoms with E-state index in [1.165, 1.54) is 11.3 Å². The summed E-state index contributed by atoms with van der Waals surface area (Å²) in [5.41, 5.74) is 0. The van der Waals surface area contributed by atoms with Crippen molar-refractivity contribution in [2.24, 2.45) is 0 Å². The van der Waals surface area contributed by atoms with Crippen molar-refractivity contribution in [1.29, 1.82) is 0 Å². The molecule has 1 N–H and O–H groups in total. The predicted molar refractivity (Wildman–Crippen MR) is 70.0 cm³/mol. The molecule has 0 aromatic carbocycles. The molecule has 0 atom stereocenters. The first-order chi connectivity index (χ1) is 8.05. The lowest BCUT2D eigenvalue weighted by Gasteiger charge is -2.30. The summed E-state index contributed by atoms with van der Waals surface area (Å²) in [5, 5.41) is 5.01. The second-order valence-electron chi connectivity index (χ2n) is 4.29. The highest BCUT2D eigenvalue weighted by atomic mass is 79.9. The summed E-state index contributed by atoms with van der Waals surface area (Å²) in [6, 6.07) is 1.77. The molecule has 0 unspecified atom stereocenters. The molecule has 2 rings (SSSR count). The highest BCUT2D eigenvalue weighted by molar-refractivity contribution is 9.10. The van der Waals surface area contributed by atoms with Gasteiger partial charge >= 0.3 is 0 Å². The van der Waals surface area contributed by atoms with E-state index >= 15 is 0 Å². The Hall–Kier alpha value is -0.0400. The third-order valence-corrected chi connectivity index (χ3v) is 4.42. The number of halogens is 3. The molecule has 1 aromatic heterocycles. The zero-order valence-electron chi connectivity index (χ0n) is 9.39. The Bertz CT molecular complexity index is 364. The van der Waals surface area contributed by atoms with E-state index in [9.17, 15) is 8.78 Å². The average Bonchev–Trinajstić information content (AvgIpc) is 2.63. The quantitative estimate of drug-likeness (QED) is 0.915. The van der Waals surface area contributed by atoms with Gasteiger partial charge in [-0.3, -0.25) is 4.90 Å². The lowest BCUT2D eigenvalue weighted by Crippen LogP contribution is -2.48. The first kappa shape index (κ1) is 13.4. The lowest BCUT2D eigenvalue weighted by molar-refractivity contribution is -0.0331. The standard InChI is InChI=1S/C11H15BrF2N2S/c12-9-5-10(17-7-9)6-11(13,14)8-16-3-1-15-2-4-16/h5,7,15H,1-4,6,8H2. The summed E-state index contributed by atoms with van der Waals surface area (Å²) >= 11 is 4.67. The van der Waals surface area contributed by atoms with E-state index in [0.717, 1.165) is 22.4 Å². The van der Waals surface area contributed by atoms with Gasteiger partial charge in [-0.25, -0.2) is 8.78 Å². The molecule has 0 bridgehead atoms. The second-order valence-corrected chi connectivity index (χ2v) is 6.20. The first-order valence-electron chi connectivity index (χ1n) is 5.59. The zero-order chi connectivity index (χ0) is 12.3. The number of alkyl halides is 2. The van der Waals surface area contributed by atoms with Crippen molar-refractivity contribution in [3.8, 4) is 0 Å². The Kier molecular flexibility index (Phi) is 4.52. The van der Waals surface area contributed by atoms with E-state index in [4.69, 9.17) is 0 Å². The molecule has 1 saturated heterocycles. The molecule has 0 radical (unpaired) electrons. The molecule has 2 heterocycles. The van der Waals surface area contributed by atoms with Crippen LogP contribution < -0.4 is 5.32 Å². The molecule has 1 fully saturated rings. The van der Waals surface area contributed by atoms with Crippen LogP contribution in [0.3, 0.4) is 0 Å². The van der Waals surface area contributed by atoms with Gasteiger partial charge in [0.25, 0.3) is 5.92 Å². The van der Waals surface area contributed by atoms with Crippen LogP contribution in [0.25, 0.3) is 0 Å². The molecule has 6 heteroatoms. The summed E-state index contributed by atoms with van der Waals surface area (Å²) in [6.07, 6.45) is -0.160. The van der Waals surface area contributed by atoms with Crippen molar-refractivity contribution in [1.82, 2.24) is 10.2 Å². The van der Waals surface area contributed by atoms with Crippen molar-refractivity contribution in [2.45, 2.75) is 12.3 Å². The molecule has 17 heavy (non-hydrogen) atoms. The lowest BCUT2D eigenvalue weighted by atomic mass is 10.2. The molecule has 0 aliphatic carbocycles. The van der Waals surface area contributed by atoms with Gasteiger partial charge in [0, 0.05) is 47.3 Å². The molecular formula is C11H15BrF2N2S. The van der Waals surface area contributed by atoms with Crippen LogP contribution in [-0.4, -0.2) is 43.5 Å². The fourth-order valence-corrected chi connectivity index (χ4v) is 3.48. The van der Waals surface area contributed by atoms with Gasteiger partial charge in [0.15, 0.2) is 0 Å².